The van der Waals surface area contributed by atoms with Gasteiger partial charge in [0.1, 0.15) is 17.4 Å². The highest BCUT2D eigenvalue weighted by Crippen LogP contribution is 2.21. The van der Waals surface area contributed by atoms with E-state index in [2.05, 4.69) is 0 Å². The Labute approximate surface area is 145 Å². The molecule has 1 aromatic carbocycles. The van der Waals surface area contributed by atoms with Crippen molar-refractivity contribution < 1.29 is 19.1 Å². The monoisotopic (exact) mass is 350 g/mol. The Kier molecular flexibility index (Phi) is 7.80. The number of ketones is 1. The molecular formula is C17H19ClN2O4. The third-order valence-corrected chi connectivity index (χ3v) is 3.50. The zero-order valence-corrected chi connectivity index (χ0v) is 14.4. The first-order valence-corrected chi connectivity index (χ1v) is 7.67. The summed E-state index contributed by atoms with van der Waals surface area (Å²) in [6.45, 7) is 3.15. The first kappa shape index (κ1) is 19.5. The van der Waals surface area contributed by atoms with Gasteiger partial charge in [-0.3, -0.25) is 9.59 Å². The van der Waals surface area contributed by atoms with Crippen molar-refractivity contribution in [3.05, 3.63) is 40.1 Å². The lowest BCUT2D eigenvalue weighted by atomic mass is 10.1. The molecule has 0 aromatic heterocycles. The van der Waals surface area contributed by atoms with Crippen LogP contribution in [0.4, 0.5) is 0 Å². The van der Waals surface area contributed by atoms with Crippen LogP contribution in [0.5, 0.6) is 5.75 Å². The van der Waals surface area contributed by atoms with Crippen LogP contribution in [0.1, 0.15) is 25.3 Å². The van der Waals surface area contributed by atoms with E-state index in [1.54, 1.807) is 18.2 Å². The minimum absolute atomic E-state index is 0.102. The minimum atomic E-state index is -0.612. The quantitative estimate of drug-likeness (QED) is 0.334. The van der Waals surface area contributed by atoms with Crippen LogP contribution in [-0.4, -0.2) is 25.0 Å². The van der Waals surface area contributed by atoms with E-state index in [0.717, 1.165) is 5.56 Å². The largest absolute Gasteiger partial charge is 0.494 e. The highest BCUT2D eigenvalue weighted by Gasteiger charge is 2.14. The molecule has 0 spiro atoms. The van der Waals surface area contributed by atoms with Crippen LogP contribution in [0.25, 0.3) is 0 Å². The molecule has 1 rings (SSSR count). The molecule has 2 N–H and O–H groups in total. The summed E-state index contributed by atoms with van der Waals surface area (Å²) in [5.74, 6) is -0.479. The van der Waals surface area contributed by atoms with Crippen LogP contribution in [0.15, 0.2) is 29.5 Å². The van der Waals surface area contributed by atoms with Gasteiger partial charge in [-0.15, -0.1) is 0 Å². The number of benzene rings is 1. The summed E-state index contributed by atoms with van der Waals surface area (Å²) in [7, 11) is 0. The average Bonchev–Trinajstić information content (AvgIpc) is 2.53. The maximum atomic E-state index is 11.6. The van der Waals surface area contributed by atoms with Crippen LogP contribution in [-0.2, 0) is 14.3 Å². The van der Waals surface area contributed by atoms with Gasteiger partial charge in [0.15, 0.2) is 6.61 Å². The number of carbonyl (C=O) groups excluding carboxylic acids is 2. The zero-order chi connectivity index (χ0) is 18.1. The number of allylic oxidation sites excluding steroid dienone is 1. The molecule has 0 bridgehead atoms. The number of rotatable bonds is 8. The molecule has 0 radical (unpaired) electrons. The van der Waals surface area contributed by atoms with E-state index in [0.29, 0.717) is 23.8 Å². The fourth-order valence-electron chi connectivity index (χ4n) is 1.77. The molecular weight excluding hydrogens is 332 g/mol. The van der Waals surface area contributed by atoms with E-state index < -0.39 is 18.4 Å². The highest BCUT2D eigenvalue weighted by atomic mass is 35.5. The van der Waals surface area contributed by atoms with Crippen molar-refractivity contribution >= 4 is 23.4 Å². The number of Topliss-reactive ketones (excluding diaryl/α,β-unsaturated/α-hetero) is 1. The predicted octanol–water partition coefficient (Wildman–Crippen LogP) is 2.68. The first-order chi connectivity index (χ1) is 11.3. The van der Waals surface area contributed by atoms with E-state index >= 15 is 0 Å². The van der Waals surface area contributed by atoms with E-state index in [9.17, 15) is 9.59 Å². The molecule has 0 aliphatic carbocycles. The van der Waals surface area contributed by atoms with Gasteiger partial charge in [-0.1, -0.05) is 11.6 Å². The van der Waals surface area contributed by atoms with Crippen molar-refractivity contribution in [1.82, 2.24) is 0 Å². The van der Waals surface area contributed by atoms with Gasteiger partial charge in [-0.2, -0.15) is 5.26 Å². The Morgan fingerprint density at radius 1 is 1.38 bits per heavy atom. The topological polar surface area (TPSA) is 102 Å². The zero-order valence-electron chi connectivity index (χ0n) is 13.6. The number of nitrogens with zero attached hydrogens (tertiary/aromatic N) is 1. The van der Waals surface area contributed by atoms with Crippen LogP contribution in [0.3, 0.4) is 0 Å². The lowest BCUT2D eigenvalue weighted by Gasteiger charge is -2.08. The summed E-state index contributed by atoms with van der Waals surface area (Å²) in [6, 6.07) is 6.99. The molecule has 0 heterocycles. The molecule has 0 saturated heterocycles. The van der Waals surface area contributed by atoms with Crippen LogP contribution >= 0.6 is 11.6 Å². The first-order valence-electron chi connectivity index (χ1n) is 7.29. The van der Waals surface area contributed by atoms with Crippen molar-refractivity contribution in [2.75, 3.05) is 13.2 Å². The van der Waals surface area contributed by atoms with Gasteiger partial charge < -0.3 is 15.2 Å². The molecule has 24 heavy (non-hydrogen) atoms. The van der Waals surface area contributed by atoms with Gasteiger partial charge in [-0.05, 0) is 44.0 Å². The summed E-state index contributed by atoms with van der Waals surface area (Å²) < 4.78 is 10.3. The molecule has 0 amide bonds. The van der Waals surface area contributed by atoms with Gasteiger partial charge in [0.25, 0.3) is 0 Å². The second kappa shape index (κ2) is 9.58. The van der Waals surface area contributed by atoms with Crippen LogP contribution in [0.2, 0.25) is 5.02 Å². The Bertz CT molecular complexity index is 688. The molecule has 0 fully saturated rings. The predicted molar refractivity (Wildman–Crippen MR) is 89.4 cm³/mol. The third-order valence-electron chi connectivity index (χ3n) is 3.07. The van der Waals surface area contributed by atoms with E-state index in [1.165, 1.54) is 6.92 Å². The van der Waals surface area contributed by atoms with Crippen molar-refractivity contribution in [2.24, 2.45) is 5.73 Å². The number of esters is 1. The van der Waals surface area contributed by atoms with Gasteiger partial charge in [-0.25, -0.2) is 0 Å². The SMILES string of the molecule is C/C(N)=C(/C#N)C(=O)COC(=O)CCCOc1ccc(Cl)c(C)c1. The van der Waals surface area contributed by atoms with E-state index in [1.807, 2.05) is 13.0 Å². The summed E-state index contributed by atoms with van der Waals surface area (Å²) >= 11 is 5.92. The van der Waals surface area contributed by atoms with Crippen LogP contribution in [0, 0.1) is 18.3 Å². The molecule has 0 saturated carbocycles. The van der Waals surface area contributed by atoms with Gasteiger partial charge in [0, 0.05) is 17.1 Å². The fraction of sp³-hybridized carbons (Fsp3) is 0.353. The number of nitrogens with two attached hydrogens (primary N) is 1. The minimum Gasteiger partial charge on any atom is -0.494 e. The Morgan fingerprint density at radius 2 is 2.08 bits per heavy atom. The highest BCUT2D eigenvalue weighted by molar-refractivity contribution is 6.31. The van der Waals surface area contributed by atoms with E-state index in [4.69, 9.17) is 32.1 Å². The number of aryl methyl sites for hydroxylation is 1. The fourth-order valence-corrected chi connectivity index (χ4v) is 1.89. The molecule has 6 nitrogen and oxygen atoms in total. The molecule has 1 aromatic rings. The summed E-state index contributed by atoms with van der Waals surface area (Å²) in [4.78, 5) is 23.2. The Balaban J connectivity index is 2.30. The average molecular weight is 351 g/mol. The number of halogens is 1. The van der Waals surface area contributed by atoms with Gasteiger partial charge >= 0.3 is 5.97 Å². The molecule has 0 aliphatic heterocycles. The van der Waals surface area contributed by atoms with Crippen molar-refractivity contribution in [1.29, 1.82) is 5.26 Å². The number of hydrogen-bond acceptors (Lipinski definition) is 6. The lowest BCUT2D eigenvalue weighted by molar-refractivity contribution is -0.147. The summed E-state index contributed by atoms with van der Waals surface area (Å²) in [5, 5.41) is 9.44. The van der Waals surface area contributed by atoms with Gasteiger partial charge in [0.05, 0.1) is 6.61 Å². The second-order valence-electron chi connectivity index (χ2n) is 5.12. The lowest BCUT2D eigenvalue weighted by Crippen LogP contribution is -2.17. The van der Waals surface area contributed by atoms with Crippen molar-refractivity contribution in [2.45, 2.75) is 26.7 Å². The standard InChI is InChI=1S/C17H19ClN2O4/c1-11-8-13(5-6-15(11)18)23-7-3-4-17(22)24-10-16(21)14(9-19)12(2)20/h5-6,8H,3-4,7,10,20H2,1-2H3/b14-12+. The molecule has 0 unspecified atom stereocenters. The third kappa shape index (κ3) is 6.31. The normalized spacial score (nSPS) is 11.2. The number of ether oxygens (including phenoxy) is 2. The number of hydrogen-bond donors (Lipinski definition) is 1. The second-order valence-corrected chi connectivity index (χ2v) is 5.52. The number of carbonyl (C=O) groups is 2. The molecule has 128 valence electrons. The maximum absolute atomic E-state index is 11.6. The summed E-state index contributed by atoms with van der Waals surface area (Å²) in [6.07, 6.45) is 0.540. The van der Waals surface area contributed by atoms with Crippen LogP contribution < -0.4 is 10.5 Å². The molecule has 7 heteroatoms. The van der Waals surface area contributed by atoms with Gasteiger partial charge in [0.2, 0.25) is 5.78 Å². The van der Waals surface area contributed by atoms with Crippen molar-refractivity contribution in [3.63, 3.8) is 0 Å². The van der Waals surface area contributed by atoms with E-state index in [-0.39, 0.29) is 17.7 Å². The molecule has 0 atom stereocenters. The summed E-state index contributed by atoms with van der Waals surface area (Å²) in [5.41, 5.74) is 6.22. The number of nitriles is 1. The molecule has 0 aliphatic rings. The Morgan fingerprint density at radius 3 is 2.67 bits per heavy atom. The van der Waals surface area contributed by atoms with Crippen molar-refractivity contribution in [3.8, 4) is 11.8 Å². The Hall–Kier alpha value is -2.52. The smallest absolute Gasteiger partial charge is 0.306 e. The maximum Gasteiger partial charge on any atom is 0.306 e.